The predicted molar refractivity (Wildman–Crippen MR) is 59.2 cm³/mol. The molecule has 0 aromatic rings. The second-order valence-corrected chi connectivity index (χ2v) is 4.60. The lowest BCUT2D eigenvalue weighted by molar-refractivity contribution is -0.138. The molecule has 1 heterocycles. The van der Waals surface area contributed by atoms with Crippen LogP contribution >= 0.6 is 0 Å². The second kappa shape index (κ2) is 5.47. The smallest absolute Gasteiger partial charge is 0.227 e. The van der Waals surface area contributed by atoms with Gasteiger partial charge in [0, 0.05) is 13.1 Å². The third-order valence-corrected chi connectivity index (χ3v) is 3.25. The first-order valence-corrected chi connectivity index (χ1v) is 5.73. The first kappa shape index (κ1) is 12.5. The Bertz CT molecular complexity index is 219. The first-order chi connectivity index (χ1) is 7.11. The molecule has 88 valence electrons. The van der Waals surface area contributed by atoms with E-state index in [1.54, 1.807) is 4.90 Å². The van der Waals surface area contributed by atoms with Crippen molar-refractivity contribution in [2.45, 2.75) is 32.7 Å². The minimum atomic E-state index is -0.0999. The fraction of sp³-hybridized carbons (Fsp3) is 0.909. The molecule has 0 aromatic carbocycles. The van der Waals surface area contributed by atoms with Gasteiger partial charge in [-0.3, -0.25) is 4.79 Å². The van der Waals surface area contributed by atoms with Crippen molar-refractivity contribution in [1.82, 2.24) is 4.90 Å². The molecule has 0 spiro atoms. The van der Waals surface area contributed by atoms with E-state index in [1.165, 1.54) is 0 Å². The summed E-state index contributed by atoms with van der Waals surface area (Å²) in [6.07, 6.45) is 1.91. The van der Waals surface area contributed by atoms with Gasteiger partial charge in [0.15, 0.2) is 0 Å². The summed E-state index contributed by atoms with van der Waals surface area (Å²) in [5, 5.41) is 9.15. The van der Waals surface area contributed by atoms with Gasteiger partial charge >= 0.3 is 0 Å². The molecule has 1 amide bonds. The first-order valence-electron chi connectivity index (χ1n) is 5.73. The van der Waals surface area contributed by atoms with Gasteiger partial charge < -0.3 is 15.7 Å². The van der Waals surface area contributed by atoms with Crippen molar-refractivity contribution < 1.29 is 9.90 Å². The quantitative estimate of drug-likeness (QED) is 0.702. The molecular formula is C11H22N2O2. The molecule has 1 aliphatic rings. The highest BCUT2D eigenvalue weighted by Gasteiger charge is 2.33. The molecule has 0 saturated carbocycles. The van der Waals surface area contributed by atoms with Gasteiger partial charge in [-0.2, -0.15) is 0 Å². The van der Waals surface area contributed by atoms with Crippen LogP contribution in [0.5, 0.6) is 0 Å². The normalized spacial score (nSPS) is 23.5. The number of carbonyl (C=O) groups is 1. The largest absolute Gasteiger partial charge is 0.394 e. The lowest BCUT2D eigenvalue weighted by Crippen LogP contribution is -2.45. The molecule has 1 fully saturated rings. The van der Waals surface area contributed by atoms with E-state index >= 15 is 0 Å². The van der Waals surface area contributed by atoms with E-state index in [-0.39, 0.29) is 30.4 Å². The summed E-state index contributed by atoms with van der Waals surface area (Å²) >= 11 is 0. The molecule has 15 heavy (non-hydrogen) atoms. The Balaban J connectivity index is 2.65. The molecule has 0 radical (unpaired) electrons. The monoisotopic (exact) mass is 214 g/mol. The van der Waals surface area contributed by atoms with Crippen LogP contribution < -0.4 is 5.73 Å². The summed E-state index contributed by atoms with van der Waals surface area (Å²) in [4.78, 5) is 13.9. The highest BCUT2D eigenvalue weighted by molar-refractivity contribution is 5.80. The fourth-order valence-electron chi connectivity index (χ4n) is 2.19. The fourth-order valence-corrected chi connectivity index (χ4v) is 2.19. The van der Waals surface area contributed by atoms with Gasteiger partial charge in [-0.1, -0.05) is 13.8 Å². The van der Waals surface area contributed by atoms with Crippen molar-refractivity contribution in [1.29, 1.82) is 0 Å². The Morgan fingerprint density at radius 2 is 2.27 bits per heavy atom. The van der Waals surface area contributed by atoms with Crippen molar-refractivity contribution in [3.8, 4) is 0 Å². The van der Waals surface area contributed by atoms with E-state index in [9.17, 15) is 4.79 Å². The number of hydrogen-bond donors (Lipinski definition) is 2. The van der Waals surface area contributed by atoms with Crippen LogP contribution in [0.2, 0.25) is 0 Å². The van der Waals surface area contributed by atoms with Crippen LogP contribution in [-0.2, 0) is 4.79 Å². The van der Waals surface area contributed by atoms with Crippen LogP contribution in [-0.4, -0.2) is 41.7 Å². The maximum Gasteiger partial charge on any atom is 0.227 e. The highest BCUT2D eigenvalue weighted by Crippen LogP contribution is 2.22. The number of amides is 1. The Morgan fingerprint density at radius 3 is 2.73 bits per heavy atom. The number of aliphatic hydroxyl groups is 1. The van der Waals surface area contributed by atoms with Gasteiger partial charge in [0.1, 0.15) is 0 Å². The van der Waals surface area contributed by atoms with Gasteiger partial charge in [0.2, 0.25) is 5.91 Å². The average molecular weight is 214 g/mol. The minimum Gasteiger partial charge on any atom is -0.394 e. The molecule has 2 atom stereocenters. The Hall–Kier alpha value is -0.610. The second-order valence-electron chi connectivity index (χ2n) is 4.60. The Labute approximate surface area is 91.4 Å². The Kier molecular flexibility index (Phi) is 4.54. The number of carbonyl (C=O) groups excluding carboxylic acids is 1. The summed E-state index contributed by atoms with van der Waals surface area (Å²) in [6.45, 7) is 5.26. The topological polar surface area (TPSA) is 66.6 Å². The van der Waals surface area contributed by atoms with E-state index in [0.29, 0.717) is 6.54 Å². The van der Waals surface area contributed by atoms with Gasteiger partial charge in [-0.25, -0.2) is 0 Å². The summed E-state index contributed by atoms with van der Waals surface area (Å²) in [5.74, 6) is 0.281. The van der Waals surface area contributed by atoms with E-state index < -0.39 is 0 Å². The number of rotatable bonds is 4. The molecule has 0 aliphatic carbocycles. The number of aliphatic hydroxyl groups excluding tert-OH is 1. The third kappa shape index (κ3) is 2.69. The summed E-state index contributed by atoms with van der Waals surface area (Å²) in [6, 6.07) is 0.0188. The zero-order valence-corrected chi connectivity index (χ0v) is 9.65. The van der Waals surface area contributed by atoms with Crippen molar-refractivity contribution in [3.63, 3.8) is 0 Å². The van der Waals surface area contributed by atoms with Gasteiger partial charge in [-0.15, -0.1) is 0 Å². The lowest BCUT2D eigenvalue weighted by Gasteiger charge is -2.29. The number of nitrogens with zero attached hydrogens (tertiary/aromatic N) is 1. The lowest BCUT2D eigenvalue weighted by atomic mass is 9.94. The molecule has 1 saturated heterocycles. The number of likely N-dealkylation sites (tertiary alicyclic amines) is 1. The van der Waals surface area contributed by atoms with Crippen LogP contribution in [0.25, 0.3) is 0 Å². The van der Waals surface area contributed by atoms with Gasteiger partial charge in [-0.05, 0) is 18.8 Å². The van der Waals surface area contributed by atoms with E-state index in [0.717, 1.165) is 19.4 Å². The van der Waals surface area contributed by atoms with Crippen molar-refractivity contribution >= 4 is 5.91 Å². The number of hydrogen-bond acceptors (Lipinski definition) is 3. The highest BCUT2D eigenvalue weighted by atomic mass is 16.3. The standard InChI is InChI=1S/C11H22N2O2/c1-8(2)10(6-12)11(15)13-5-3-4-9(13)7-14/h8-10,14H,3-7,12H2,1-2H3. The van der Waals surface area contributed by atoms with E-state index in [4.69, 9.17) is 10.8 Å². The van der Waals surface area contributed by atoms with Crippen LogP contribution in [0.4, 0.5) is 0 Å². The van der Waals surface area contributed by atoms with Crippen molar-refractivity contribution in [2.75, 3.05) is 19.7 Å². The van der Waals surface area contributed by atoms with Gasteiger partial charge in [0.25, 0.3) is 0 Å². The SMILES string of the molecule is CC(C)C(CN)C(=O)N1CCCC1CO. The Morgan fingerprint density at radius 1 is 1.60 bits per heavy atom. The molecule has 4 nitrogen and oxygen atoms in total. The summed E-state index contributed by atoms with van der Waals surface area (Å²) < 4.78 is 0. The predicted octanol–water partition coefficient (Wildman–Crippen LogP) is 0.201. The zero-order chi connectivity index (χ0) is 11.4. The maximum absolute atomic E-state index is 12.1. The molecule has 3 N–H and O–H groups in total. The molecule has 1 aliphatic heterocycles. The van der Waals surface area contributed by atoms with E-state index in [1.807, 2.05) is 13.8 Å². The van der Waals surface area contributed by atoms with E-state index in [2.05, 4.69) is 0 Å². The molecular weight excluding hydrogens is 192 g/mol. The number of nitrogens with two attached hydrogens (primary N) is 1. The third-order valence-electron chi connectivity index (χ3n) is 3.25. The molecule has 0 bridgehead atoms. The van der Waals surface area contributed by atoms with Crippen molar-refractivity contribution in [3.05, 3.63) is 0 Å². The van der Waals surface area contributed by atoms with Crippen molar-refractivity contribution in [2.24, 2.45) is 17.6 Å². The molecule has 4 heteroatoms. The molecule has 2 unspecified atom stereocenters. The van der Waals surface area contributed by atoms with Crippen LogP contribution in [0.3, 0.4) is 0 Å². The average Bonchev–Trinajstić information content (AvgIpc) is 2.65. The summed E-state index contributed by atoms with van der Waals surface area (Å²) in [7, 11) is 0. The zero-order valence-electron chi connectivity index (χ0n) is 9.65. The van der Waals surface area contributed by atoms with Crippen LogP contribution in [0.15, 0.2) is 0 Å². The summed E-state index contributed by atoms with van der Waals surface area (Å²) in [5.41, 5.74) is 5.62. The molecule has 1 rings (SSSR count). The van der Waals surface area contributed by atoms with Crippen LogP contribution in [0, 0.1) is 11.8 Å². The van der Waals surface area contributed by atoms with Crippen LogP contribution in [0.1, 0.15) is 26.7 Å². The maximum atomic E-state index is 12.1. The van der Waals surface area contributed by atoms with Gasteiger partial charge in [0.05, 0.1) is 18.6 Å². The minimum absolute atomic E-state index is 0.0188. The molecule has 0 aromatic heterocycles.